The molecule has 0 aromatic heterocycles. The van der Waals surface area contributed by atoms with E-state index in [9.17, 15) is 9.59 Å². The molecule has 1 aliphatic rings. The fraction of sp³-hybridized carbons (Fsp3) is 0.385. The Morgan fingerprint density at radius 2 is 2.21 bits per heavy atom. The molecule has 1 fully saturated rings. The Balaban J connectivity index is 2.26. The molecule has 0 saturated carbocycles. The second-order valence-electron chi connectivity index (χ2n) is 4.91. The number of rotatable bonds is 3. The normalized spacial score (nSPS) is 22.2. The van der Waals surface area contributed by atoms with Gasteiger partial charge in [-0.1, -0.05) is 17.7 Å². The SMILES string of the molecule is CC1(C(=O)Nc2cccc(Cl)c2C(=O)O)CCNC1. The number of aromatic carboxylic acids is 1. The number of amides is 1. The summed E-state index contributed by atoms with van der Waals surface area (Å²) in [7, 11) is 0. The van der Waals surface area contributed by atoms with Gasteiger partial charge in [-0.2, -0.15) is 0 Å². The van der Waals surface area contributed by atoms with E-state index in [2.05, 4.69) is 10.6 Å². The third kappa shape index (κ3) is 2.72. The van der Waals surface area contributed by atoms with Crippen molar-refractivity contribution in [2.24, 2.45) is 5.41 Å². The van der Waals surface area contributed by atoms with Crippen molar-refractivity contribution in [1.29, 1.82) is 0 Å². The average Bonchev–Trinajstić information content (AvgIpc) is 2.77. The van der Waals surface area contributed by atoms with E-state index >= 15 is 0 Å². The molecule has 0 bridgehead atoms. The van der Waals surface area contributed by atoms with Crippen molar-refractivity contribution in [1.82, 2.24) is 5.32 Å². The standard InChI is InChI=1S/C13H15ClN2O3/c1-13(5-6-15-7-13)12(19)16-9-4-2-3-8(14)10(9)11(17)18/h2-4,15H,5-7H2,1H3,(H,16,19)(H,17,18). The molecule has 2 rings (SSSR count). The van der Waals surface area contributed by atoms with Crippen LogP contribution >= 0.6 is 11.6 Å². The lowest BCUT2D eigenvalue weighted by Gasteiger charge is -2.22. The molecular formula is C13H15ClN2O3. The molecule has 1 saturated heterocycles. The van der Waals surface area contributed by atoms with Gasteiger partial charge in [0.25, 0.3) is 0 Å². The minimum absolute atomic E-state index is 0.0768. The summed E-state index contributed by atoms with van der Waals surface area (Å²) in [6.45, 7) is 3.22. The van der Waals surface area contributed by atoms with E-state index in [0.29, 0.717) is 6.54 Å². The highest BCUT2D eigenvalue weighted by atomic mass is 35.5. The van der Waals surface area contributed by atoms with E-state index in [1.54, 1.807) is 12.1 Å². The second-order valence-corrected chi connectivity index (χ2v) is 5.32. The van der Waals surface area contributed by atoms with Crippen molar-refractivity contribution in [3.8, 4) is 0 Å². The molecule has 0 aliphatic carbocycles. The van der Waals surface area contributed by atoms with Crippen LogP contribution in [0, 0.1) is 5.41 Å². The summed E-state index contributed by atoms with van der Waals surface area (Å²) in [4.78, 5) is 23.4. The Morgan fingerprint density at radius 1 is 1.47 bits per heavy atom. The number of benzene rings is 1. The van der Waals surface area contributed by atoms with Gasteiger partial charge in [0.1, 0.15) is 5.56 Å². The summed E-state index contributed by atoms with van der Waals surface area (Å²) in [5, 5.41) is 15.0. The highest BCUT2D eigenvalue weighted by Crippen LogP contribution is 2.29. The highest BCUT2D eigenvalue weighted by Gasteiger charge is 2.36. The summed E-state index contributed by atoms with van der Waals surface area (Å²) in [6.07, 6.45) is 0.724. The van der Waals surface area contributed by atoms with Crippen molar-refractivity contribution < 1.29 is 14.7 Å². The zero-order valence-corrected chi connectivity index (χ0v) is 11.3. The van der Waals surface area contributed by atoms with E-state index in [0.717, 1.165) is 13.0 Å². The molecule has 1 amide bonds. The maximum absolute atomic E-state index is 12.2. The Kier molecular flexibility index (Phi) is 3.78. The number of carbonyl (C=O) groups is 2. The third-order valence-corrected chi connectivity index (χ3v) is 3.71. The van der Waals surface area contributed by atoms with Crippen molar-refractivity contribution in [2.45, 2.75) is 13.3 Å². The van der Waals surface area contributed by atoms with Gasteiger partial charge in [-0.3, -0.25) is 4.79 Å². The van der Waals surface area contributed by atoms with Crippen LogP contribution < -0.4 is 10.6 Å². The first-order chi connectivity index (χ1) is 8.94. The van der Waals surface area contributed by atoms with Gasteiger partial charge in [0, 0.05) is 6.54 Å². The van der Waals surface area contributed by atoms with E-state index in [1.807, 2.05) is 6.92 Å². The molecule has 1 aromatic rings. The van der Waals surface area contributed by atoms with Gasteiger partial charge >= 0.3 is 5.97 Å². The summed E-state index contributed by atoms with van der Waals surface area (Å²) in [6, 6.07) is 4.64. The smallest absolute Gasteiger partial charge is 0.339 e. The molecule has 1 heterocycles. The molecule has 0 spiro atoms. The van der Waals surface area contributed by atoms with E-state index in [1.165, 1.54) is 6.07 Å². The second kappa shape index (κ2) is 5.19. The van der Waals surface area contributed by atoms with Crippen LogP contribution in [-0.2, 0) is 4.79 Å². The first kappa shape index (κ1) is 13.8. The number of hydrogen-bond acceptors (Lipinski definition) is 3. The minimum atomic E-state index is -1.16. The van der Waals surface area contributed by atoms with Gasteiger partial charge < -0.3 is 15.7 Å². The van der Waals surface area contributed by atoms with Crippen LogP contribution in [0.2, 0.25) is 5.02 Å². The van der Waals surface area contributed by atoms with Crippen molar-refractivity contribution in [3.05, 3.63) is 28.8 Å². The minimum Gasteiger partial charge on any atom is -0.478 e. The van der Waals surface area contributed by atoms with Gasteiger partial charge in [0.05, 0.1) is 16.1 Å². The Labute approximate surface area is 116 Å². The van der Waals surface area contributed by atoms with Gasteiger partial charge in [0.2, 0.25) is 5.91 Å². The summed E-state index contributed by atoms with van der Waals surface area (Å²) >= 11 is 5.86. The Bertz CT molecular complexity index is 525. The number of nitrogens with one attached hydrogen (secondary N) is 2. The molecule has 19 heavy (non-hydrogen) atoms. The van der Waals surface area contributed by atoms with Crippen molar-refractivity contribution in [3.63, 3.8) is 0 Å². The molecule has 1 atom stereocenters. The fourth-order valence-electron chi connectivity index (χ4n) is 2.13. The lowest BCUT2D eigenvalue weighted by molar-refractivity contribution is -0.123. The monoisotopic (exact) mass is 282 g/mol. The predicted octanol–water partition coefficient (Wildman–Crippen LogP) is 1.98. The van der Waals surface area contributed by atoms with Gasteiger partial charge in [-0.05, 0) is 32.0 Å². The largest absolute Gasteiger partial charge is 0.478 e. The van der Waals surface area contributed by atoms with Gasteiger partial charge in [0.15, 0.2) is 0 Å². The zero-order valence-electron chi connectivity index (χ0n) is 10.5. The molecule has 102 valence electrons. The number of halogens is 1. The quantitative estimate of drug-likeness (QED) is 0.792. The number of anilines is 1. The molecule has 5 nitrogen and oxygen atoms in total. The zero-order chi connectivity index (χ0) is 14.0. The topological polar surface area (TPSA) is 78.4 Å². The maximum atomic E-state index is 12.2. The van der Waals surface area contributed by atoms with Crippen LogP contribution in [-0.4, -0.2) is 30.1 Å². The third-order valence-electron chi connectivity index (χ3n) is 3.39. The predicted molar refractivity (Wildman–Crippen MR) is 72.6 cm³/mol. The first-order valence-corrected chi connectivity index (χ1v) is 6.36. The van der Waals surface area contributed by atoms with E-state index in [-0.39, 0.29) is 22.2 Å². The van der Waals surface area contributed by atoms with Crippen LogP contribution in [0.5, 0.6) is 0 Å². The average molecular weight is 283 g/mol. The van der Waals surface area contributed by atoms with Crippen LogP contribution in [0.4, 0.5) is 5.69 Å². The lowest BCUT2D eigenvalue weighted by Crippen LogP contribution is -2.35. The molecule has 3 N–H and O–H groups in total. The Hall–Kier alpha value is -1.59. The summed E-state index contributed by atoms with van der Waals surface area (Å²) in [5.74, 6) is -1.35. The van der Waals surface area contributed by atoms with Gasteiger partial charge in [-0.15, -0.1) is 0 Å². The van der Waals surface area contributed by atoms with E-state index < -0.39 is 11.4 Å². The molecule has 1 aliphatic heterocycles. The number of hydrogen-bond donors (Lipinski definition) is 3. The van der Waals surface area contributed by atoms with Gasteiger partial charge in [-0.25, -0.2) is 4.79 Å². The summed E-state index contributed by atoms with van der Waals surface area (Å²) in [5.41, 5.74) is -0.358. The van der Waals surface area contributed by atoms with Crippen molar-refractivity contribution in [2.75, 3.05) is 18.4 Å². The fourth-order valence-corrected chi connectivity index (χ4v) is 2.38. The summed E-state index contributed by atoms with van der Waals surface area (Å²) < 4.78 is 0. The molecule has 6 heteroatoms. The van der Waals surface area contributed by atoms with Crippen LogP contribution in [0.3, 0.4) is 0 Å². The molecule has 1 aromatic carbocycles. The first-order valence-electron chi connectivity index (χ1n) is 5.98. The molecule has 0 radical (unpaired) electrons. The van der Waals surface area contributed by atoms with Crippen LogP contribution in [0.25, 0.3) is 0 Å². The number of carbonyl (C=O) groups excluding carboxylic acids is 1. The molecule has 1 unspecified atom stereocenters. The van der Waals surface area contributed by atoms with Crippen LogP contribution in [0.15, 0.2) is 18.2 Å². The number of carboxylic acid groups (broad SMARTS) is 1. The maximum Gasteiger partial charge on any atom is 0.339 e. The van der Waals surface area contributed by atoms with Crippen LogP contribution in [0.1, 0.15) is 23.7 Å². The van der Waals surface area contributed by atoms with Crippen molar-refractivity contribution >= 4 is 29.2 Å². The lowest BCUT2D eigenvalue weighted by atomic mass is 9.88. The Morgan fingerprint density at radius 3 is 2.79 bits per heavy atom. The highest BCUT2D eigenvalue weighted by molar-refractivity contribution is 6.34. The molecular weight excluding hydrogens is 268 g/mol. The van der Waals surface area contributed by atoms with E-state index in [4.69, 9.17) is 16.7 Å². The number of carboxylic acids is 1.